The SMILES string of the molecule is CC(C)NC(=O)CSc1nnc(C(C)N(C)C)n1-c1ccc(Cl)cc1. The summed E-state index contributed by atoms with van der Waals surface area (Å²) in [6.07, 6.45) is 0. The van der Waals surface area contributed by atoms with Gasteiger partial charge in [0, 0.05) is 16.8 Å². The van der Waals surface area contributed by atoms with Crippen LogP contribution >= 0.6 is 23.4 Å². The molecule has 1 N–H and O–H groups in total. The predicted octanol–water partition coefficient (Wildman–Crippen LogP) is 3.16. The predicted molar refractivity (Wildman–Crippen MR) is 102 cm³/mol. The number of hydrogen-bond acceptors (Lipinski definition) is 5. The van der Waals surface area contributed by atoms with Crippen LogP contribution in [0.25, 0.3) is 5.69 Å². The van der Waals surface area contributed by atoms with Gasteiger partial charge in [-0.25, -0.2) is 0 Å². The smallest absolute Gasteiger partial charge is 0.230 e. The molecule has 1 atom stereocenters. The van der Waals surface area contributed by atoms with Gasteiger partial charge in [0.05, 0.1) is 11.8 Å². The lowest BCUT2D eigenvalue weighted by Gasteiger charge is -2.20. The van der Waals surface area contributed by atoms with E-state index in [1.54, 1.807) is 0 Å². The average Bonchev–Trinajstić information content (AvgIpc) is 2.96. The molecule has 1 aromatic heterocycles. The van der Waals surface area contributed by atoms with Crippen LogP contribution in [-0.2, 0) is 4.79 Å². The van der Waals surface area contributed by atoms with Crippen molar-refractivity contribution >= 4 is 29.3 Å². The number of thioether (sulfide) groups is 1. The molecule has 1 unspecified atom stereocenters. The van der Waals surface area contributed by atoms with E-state index < -0.39 is 0 Å². The van der Waals surface area contributed by atoms with Gasteiger partial charge in [0.2, 0.25) is 5.91 Å². The van der Waals surface area contributed by atoms with Gasteiger partial charge in [0.15, 0.2) is 11.0 Å². The summed E-state index contributed by atoms with van der Waals surface area (Å²) >= 11 is 7.38. The first kappa shape index (κ1) is 19.8. The average molecular weight is 382 g/mol. The van der Waals surface area contributed by atoms with E-state index in [1.165, 1.54) is 11.8 Å². The Balaban J connectivity index is 2.33. The first-order valence-electron chi connectivity index (χ1n) is 8.09. The number of carbonyl (C=O) groups is 1. The molecule has 0 saturated heterocycles. The highest BCUT2D eigenvalue weighted by atomic mass is 35.5. The summed E-state index contributed by atoms with van der Waals surface area (Å²) in [5.74, 6) is 1.09. The number of nitrogens with zero attached hydrogens (tertiary/aromatic N) is 4. The fourth-order valence-corrected chi connectivity index (χ4v) is 3.10. The number of benzene rings is 1. The number of rotatable bonds is 7. The van der Waals surface area contributed by atoms with Gasteiger partial charge >= 0.3 is 0 Å². The van der Waals surface area contributed by atoms with Crippen molar-refractivity contribution in [1.29, 1.82) is 0 Å². The topological polar surface area (TPSA) is 63.1 Å². The molecule has 0 spiro atoms. The molecule has 1 heterocycles. The molecule has 0 aliphatic heterocycles. The molecule has 8 heteroatoms. The minimum atomic E-state index is -0.0205. The Morgan fingerprint density at radius 3 is 2.44 bits per heavy atom. The molecular formula is C17H24ClN5OS. The van der Waals surface area contributed by atoms with E-state index in [2.05, 4.69) is 27.3 Å². The highest BCUT2D eigenvalue weighted by Gasteiger charge is 2.21. The van der Waals surface area contributed by atoms with Crippen molar-refractivity contribution in [2.75, 3.05) is 19.8 Å². The van der Waals surface area contributed by atoms with Gasteiger partial charge in [-0.05, 0) is 59.1 Å². The van der Waals surface area contributed by atoms with Gasteiger partial charge in [0.1, 0.15) is 0 Å². The summed E-state index contributed by atoms with van der Waals surface area (Å²) in [6, 6.07) is 7.71. The largest absolute Gasteiger partial charge is 0.353 e. The molecule has 1 amide bonds. The normalized spacial score (nSPS) is 12.6. The Morgan fingerprint density at radius 1 is 1.24 bits per heavy atom. The van der Waals surface area contributed by atoms with Gasteiger partial charge in [-0.2, -0.15) is 0 Å². The van der Waals surface area contributed by atoms with E-state index in [-0.39, 0.29) is 18.0 Å². The fraction of sp³-hybridized carbons (Fsp3) is 0.471. The van der Waals surface area contributed by atoms with Crippen LogP contribution in [0.5, 0.6) is 0 Å². The maximum Gasteiger partial charge on any atom is 0.230 e. The quantitative estimate of drug-likeness (QED) is 0.746. The molecule has 25 heavy (non-hydrogen) atoms. The van der Waals surface area contributed by atoms with Gasteiger partial charge in [-0.15, -0.1) is 10.2 Å². The van der Waals surface area contributed by atoms with E-state index in [0.29, 0.717) is 15.9 Å². The number of hydrogen-bond donors (Lipinski definition) is 1. The second-order valence-corrected chi connectivity index (χ2v) is 7.68. The molecule has 0 radical (unpaired) electrons. The minimum Gasteiger partial charge on any atom is -0.353 e. The van der Waals surface area contributed by atoms with Crippen molar-refractivity contribution in [3.63, 3.8) is 0 Å². The molecule has 0 aliphatic carbocycles. The standard InChI is InChI=1S/C17H24ClN5OS/c1-11(2)19-15(24)10-25-17-21-20-16(12(3)22(4)5)23(17)14-8-6-13(18)7-9-14/h6-9,11-12H,10H2,1-5H3,(H,19,24). The van der Waals surface area contributed by atoms with Crippen molar-refractivity contribution in [3.05, 3.63) is 35.1 Å². The zero-order chi connectivity index (χ0) is 18.6. The van der Waals surface area contributed by atoms with Crippen LogP contribution < -0.4 is 5.32 Å². The lowest BCUT2D eigenvalue weighted by atomic mass is 10.2. The van der Waals surface area contributed by atoms with Gasteiger partial charge in [-0.1, -0.05) is 23.4 Å². The maximum atomic E-state index is 12.0. The number of carbonyl (C=O) groups excluding carboxylic acids is 1. The van der Waals surface area contributed by atoms with E-state index in [9.17, 15) is 4.79 Å². The Kier molecular flexibility index (Phi) is 6.87. The summed E-state index contributed by atoms with van der Waals surface area (Å²) in [5.41, 5.74) is 0.921. The third-order valence-corrected chi connectivity index (χ3v) is 4.85. The number of nitrogens with one attached hydrogen (secondary N) is 1. The third-order valence-electron chi connectivity index (χ3n) is 3.67. The molecule has 2 aromatic rings. The van der Waals surface area contributed by atoms with E-state index in [1.807, 2.05) is 56.8 Å². The van der Waals surface area contributed by atoms with Crippen molar-refractivity contribution in [3.8, 4) is 5.69 Å². The van der Waals surface area contributed by atoms with Crippen LogP contribution in [0.15, 0.2) is 29.4 Å². The van der Waals surface area contributed by atoms with Crippen molar-refractivity contribution < 1.29 is 4.79 Å². The Morgan fingerprint density at radius 2 is 1.88 bits per heavy atom. The molecule has 1 aromatic carbocycles. The lowest BCUT2D eigenvalue weighted by Crippen LogP contribution is -2.31. The third kappa shape index (κ3) is 5.20. The molecule has 136 valence electrons. The summed E-state index contributed by atoms with van der Waals surface area (Å²) in [4.78, 5) is 14.0. The first-order chi connectivity index (χ1) is 11.8. The number of amides is 1. The monoisotopic (exact) mass is 381 g/mol. The molecule has 6 nitrogen and oxygen atoms in total. The Hall–Kier alpha value is -1.57. The second-order valence-electron chi connectivity index (χ2n) is 6.30. The summed E-state index contributed by atoms with van der Waals surface area (Å²) in [5, 5.41) is 12.9. The van der Waals surface area contributed by atoms with Crippen LogP contribution in [0, 0.1) is 0 Å². The molecule has 0 saturated carbocycles. The zero-order valence-electron chi connectivity index (χ0n) is 15.2. The van der Waals surface area contributed by atoms with Crippen LogP contribution in [0.2, 0.25) is 5.02 Å². The summed E-state index contributed by atoms with van der Waals surface area (Å²) in [7, 11) is 3.99. The molecule has 0 bridgehead atoms. The second kappa shape index (κ2) is 8.69. The zero-order valence-corrected chi connectivity index (χ0v) is 16.7. The number of halogens is 1. The summed E-state index contributed by atoms with van der Waals surface area (Å²) in [6.45, 7) is 5.95. The van der Waals surface area contributed by atoms with Crippen LogP contribution in [0.1, 0.15) is 32.6 Å². The highest BCUT2D eigenvalue weighted by Crippen LogP contribution is 2.27. The first-order valence-corrected chi connectivity index (χ1v) is 9.45. The minimum absolute atomic E-state index is 0.0205. The van der Waals surface area contributed by atoms with Crippen LogP contribution in [0.4, 0.5) is 0 Å². The van der Waals surface area contributed by atoms with Crippen LogP contribution in [0.3, 0.4) is 0 Å². The van der Waals surface area contributed by atoms with E-state index in [0.717, 1.165) is 11.5 Å². The van der Waals surface area contributed by atoms with Crippen molar-refractivity contribution in [2.45, 2.75) is 38.0 Å². The molecule has 0 aliphatic rings. The maximum absolute atomic E-state index is 12.0. The molecule has 0 fully saturated rings. The highest BCUT2D eigenvalue weighted by molar-refractivity contribution is 7.99. The van der Waals surface area contributed by atoms with Gasteiger partial charge < -0.3 is 5.32 Å². The van der Waals surface area contributed by atoms with Crippen molar-refractivity contribution in [1.82, 2.24) is 25.0 Å². The fourth-order valence-electron chi connectivity index (χ4n) is 2.20. The molecule has 2 rings (SSSR count). The van der Waals surface area contributed by atoms with Gasteiger partial charge in [-0.3, -0.25) is 14.3 Å². The Labute approximate surface area is 157 Å². The number of aromatic nitrogens is 3. The lowest BCUT2D eigenvalue weighted by molar-refractivity contribution is -0.119. The van der Waals surface area contributed by atoms with Gasteiger partial charge in [0.25, 0.3) is 0 Å². The molecular weight excluding hydrogens is 358 g/mol. The Bertz CT molecular complexity index is 714. The van der Waals surface area contributed by atoms with E-state index >= 15 is 0 Å². The van der Waals surface area contributed by atoms with Crippen LogP contribution in [-0.4, -0.2) is 51.5 Å². The summed E-state index contributed by atoms with van der Waals surface area (Å²) < 4.78 is 1.98. The van der Waals surface area contributed by atoms with Crippen molar-refractivity contribution in [2.24, 2.45) is 0 Å². The van der Waals surface area contributed by atoms with E-state index in [4.69, 9.17) is 11.6 Å².